The van der Waals surface area contributed by atoms with Crippen molar-refractivity contribution in [3.05, 3.63) is 102 Å². The monoisotopic (exact) mass is 1090 g/mol. The van der Waals surface area contributed by atoms with E-state index in [4.69, 9.17) is 5.73 Å². The Bertz CT molecular complexity index is 2770. The summed E-state index contributed by atoms with van der Waals surface area (Å²) in [5, 5.41) is 43.9. The van der Waals surface area contributed by atoms with E-state index in [9.17, 15) is 63.0 Å². The number of nitrogens with one attached hydrogen (secondary N) is 10. The quantitative estimate of drug-likeness (QED) is 0.0707. The smallest absolute Gasteiger partial charge is 0.305 e. The minimum atomic E-state index is -1.77. The van der Waals surface area contributed by atoms with Crippen LogP contribution in [-0.2, 0) is 72.0 Å². The number of H-pyrrole nitrogens is 1. The number of carboxylic acid groups (broad SMARTS) is 1. The minimum Gasteiger partial charge on any atom is -0.508 e. The van der Waals surface area contributed by atoms with Crippen molar-refractivity contribution in [2.45, 2.75) is 133 Å². The van der Waals surface area contributed by atoms with E-state index in [1.807, 2.05) is 0 Å². The first-order chi connectivity index (χ1) is 37.8. The van der Waals surface area contributed by atoms with Crippen LogP contribution in [0, 0.1) is 0 Å². The number of para-hydroxylation sites is 1. The van der Waals surface area contributed by atoms with Crippen LogP contribution in [-0.4, -0.2) is 136 Å². The Morgan fingerprint density at radius 2 is 1.27 bits per heavy atom. The zero-order valence-electron chi connectivity index (χ0n) is 44.0. The van der Waals surface area contributed by atoms with Gasteiger partial charge >= 0.3 is 5.97 Å². The number of phenolic OH excluding ortho intramolecular Hbond substituents is 1. The van der Waals surface area contributed by atoms with Crippen LogP contribution in [0.15, 0.2) is 85.1 Å². The number of rotatable bonds is 16. The lowest BCUT2D eigenvalue weighted by molar-refractivity contribution is -0.141. The molecule has 24 nitrogen and oxygen atoms in total. The van der Waals surface area contributed by atoms with Gasteiger partial charge in [-0.2, -0.15) is 0 Å². The number of hydrogen-bond donors (Lipinski definition) is 13. The lowest BCUT2D eigenvalue weighted by Crippen LogP contribution is -2.59. The highest BCUT2D eigenvalue weighted by molar-refractivity contribution is 5.98. The van der Waals surface area contributed by atoms with E-state index in [1.165, 1.54) is 19.1 Å². The average Bonchev–Trinajstić information content (AvgIpc) is 3.86. The zero-order chi connectivity index (χ0) is 57.3. The van der Waals surface area contributed by atoms with Crippen molar-refractivity contribution in [3.8, 4) is 5.75 Å². The van der Waals surface area contributed by atoms with Crippen LogP contribution in [0.1, 0.15) is 94.2 Å². The summed E-state index contributed by atoms with van der Waals surface area (Å²) in [5.41, 5.74) is 8.13. The summed E-state index contributed by atoms with van der Waals surface area (Å²) in [7, 11) is 0. The molecule has 1 aromatic heterocycles. The number of amides is 10. The average molecular weight is 1090 g/mol. The van der Waals surface area contributed by atoms with Gasteiger partial charge in [-0.25, -0.2) is 0 Å². The molecule has 0 unspecified atom stereocenters. The number of aromatic nitrogens is 1. The van der Waals surface area contributed by atoms with Crippen LogP contribution >= 0.6 is 0 Å². The molecular weight excluding hydrogens is 1020 g/mol. The first-order valence-electron chi connectivity index (χ1n) is 26.3. The number of aromatic hydroxyl groups is 1. The van der Waals surface area contributed by atoms with Gasteiger partial charge in [0, 0.05) is 69.2 Å². The molecule has 2 heterocycles. The predicted molar refractivity (Wildman–Crippen MR) is 288 cm³/mol. The first-order valence-corrected chi connectivity index (χ1v) is 26.3. The molecule has 0 bridgehead atoms. The highest BCUT2D eigenvalue weighted by atomic mass is 16.4. The first kappa shape index (κ1) is 61.0. The number of phenols is 1. The highest BCUT2D eigenvalue weighted by Gasteiger charge is 2.33. The molecule has 10 amide bonds. The molecule has 14 N–H and O–H groups in total. The summed E-state index contributed by atoms with van der Waals surface area (Å²) < 4.78 is 0. The third-order valence-corrected chi connectivity index (χ3v) is 13.0. The van der Waals surface area contributed by atoms with Gasteiger partial charge in [0.2, 0.25) is 59.1 Å². The highest BCUT2D eigenvalue weighted by Crippen LogP contribution is 2.20. The topological polar surface area (TPSA) is 378 Å². The summed E-state index contributed by atoms with van der Waals surface area (Å²) in [6.07, 6.45) is 2.69. The largest absolute Gasteiger partial charge is 0.508 e. The van der Waals surface area contributed by atoms with E-state index in [0.29, 0.717) is 59.7 Å². The van der Waals surface area contributed by atoms with Crippen LogP contribution in [0.3, 0.4) is 0 Å². The van der Waals surface area contributed by atoms with Gasteiger partial charge in [-0.1, -0.05) is 60.7 Å². The SMILES string of the molecule is CC(=O)N[C@@H](Cc1ccc(O)cc1)C(=O)N[C@H]1CCCCNC(=O)CCCCC(=O)NCCCC[C@@H](C(=O)N[C@@H](CC(=O)O)C(=O)N[C@@H](Cc2ccccc2)C(N)=O)NC(=O)[C@H](Cc2c[nH]c3ccccc23)NC(=O)CNC1=O. The van der Waals surface area contributed by atoms with Crippen molar-refractivity contribution in [1.29, 1.82) is 0 Å². The van der Waals surface area contributed by atoms with Gasteiger partial charge < -0.3 is 68.8 Å². The van der Waals surface area contributed by atoms with Crippen molar-refractivity contribution in [3.63, 3.8) is 0 Å². The summed E-state index contributed by atoms with van der Waals surface area (Å²) >= 11 is 0. The van der Waals surface area contributed by atoms with Crippen LogP contribution in [0.4, 0.5) is 0 Å². The second-order valence-corrected chi connectivity index (χ2v) is 19.4. The fourth-order valence-corrected chi connectivity index (χ4v) is 8.82. The molecule has 424 valence electrons. The Labute approximate surface area is 456 Å². The van der Waals surface area contributed by atoms with Gasteiger partial charge in [-0.05, 0) is 86.3 Å². The number of benzene rings is 3. The molecule has 1 fully saturated rings. The van der Waals surface area contributed by atoms with Crippen molar-refractivity contribution in [2.24, 2.45) is 5.73 Å². The van der Waals surface area contributed by atoms with Crippen LogP contribution in [0.2, 0.25) is 0 Å². The number of carbonyl (C=O) groups is 11. The number of carbonyl (C=O) groups excluding carboxylic acids is 10. The van der Waals surface area contributed by atoms with Crippen molar-refractivity contribution >= 4 is 75.9 Å². The summed E-state index contributed by atoms with van der Waals surface area (Å²) in [5.74, 6) is -8.77. The number of primary amides is 1. The molecular formula is C55H71N11O13. The maximum Gasteiger partial charge on any atom is 0.305 e. The molecule has 24 heteroatoms. The molecule has 79 heavy (non-hydrogen) atoms. The number of hydrogen-bond acceptors (Lipinski definition) is 12. The molecule has 0 saturated carbocycles. The maximum absolute atomic E-state index is 14.6. The fourth-order valence-electron chi connectivity index (χ4n) is 8.82. The number of carboxylic acids is 1. The lowest BCUT2D eigenvalue weighted by Gasteiger charge is -2.26. The number of aromatic amines is 1. The van der Waals surface area contributed by atoms with E-state index in [2.05, 4.69) is 52.8 Å². The van der Waals surface area contributed by atoms with E-state index in [0.717, 1.165) is 0 Å². The molecule has 0 radical (unpaired) electrons. The standard InChI is InChI=1S/C55H71N11O13/c1-33(67)61-43(28-35-21-23-37(68)24-22-35)53(77)63-40-17-9-11-25-57-46(69)19-7-8-20-47(70)58-26-12-10-18-41(52(76)66-45(30-49(72)73)55(79)65-42(50(56)74)27-34-13-3-2-4-14-34)64-54(78)44(62-48(71)32-60-51(40)75)29-36-31-59-39-16-6-5-15-38(36)39/h2-6,13-16,21-24,31,40-45,59,68H,7-12,17-20,25-30,32H2,1H3,(H2,56,74)(H,57,69)(H,58,70)(H,60,75)(H,61,67)(H,62,71)(H,63,77)(H,64,78)(H,65,79)(H,66,76)(H,72,73)/t40-,41-,42-,43-,44-,45-/m0/s1. The van der Waals surface area contributed by atoms with E-state index in [1.54, 1.807) is 72.9 Å². The second-order valence-electron chi connectivity index (χ2n) is 19.4. The zero-order valence-corrected chi connectivity index (χ0v) is 44.0. The van der Waals surface area contributed by atoms with Crippen molar-refractivity contribution in [2.75, 3.05) is 19.6 Å². The Hall–Kier alpha value is -8.83. The molecule has 5 rings (SSSR count). The fraction of sp³-hybridized carbons (Fsp3) is 0.436. The molecule has 1 aliphatic rings. The molecule has 0 spiro atoms. The van der Waals surface area contributed by atoms with E-state index < -0.39 is 102 Å². The number of aliphatic carboxylic acids is 1. The molecule has 3 aromatic carbocycles. The van der Waals surface area contributed by atoms with Gasteiger partial charge in [-0.15, -0.1) is 0 Å². The van der Waals surface area contributed by atoms with Crippen LogP contribution < -0.4 is 53.6 Å². The van der Waals surface area contributed by atoms with Crippen LogP contribution in [0.5, 0.6) is 5.75 Å². The van der Waals surface area contributed by atoms with Crippen molar-refractivity contribution in [1.82, 2.24) is 52.8 Å². The lowest BCUT2D eigenvalue weighted by atomic mass is 10.0. The van der Waals surface area contributed by atoms with E-state index >= 15 is 0 Å². The Balaban J connectivity index is 1.41. The second kappa shape index (κ2) is 31.4. The Morgan fingerprint density at radius 1 is 0.646 bits per heavy atom. The normalized spacial score (nSPS) is 19.1. The summed E-state index contributed by atoms with van der Waals surface area (Å²) in [4.78, 5) is 150. The maximum atomic E-state index is 14.6. The molecule has 6 atom stereocenters. The third-order valence-electron chi connectivity index (χ3n) is 13.0. The Morgan fingerprint density at radius 3 is 1.91 bits per heavy atom. The van der Waals surface area contributed by atoms with Gasteiger partial charge in [-0.3, -0.25) is 52.7 Å². The molecule has 1 saturated heterocycles. The van der Waals surface area contributed by atoms with Gasteiger partial charge in [0.25, 0.3) is 0 Å². The third kappa shape index (κ3) is 21.3. The summed E-state index contributed by atoms with van der Waals surface area (Å²) in [6.45, 7) is 0.930. The summed E-state index contributed by atoms with van der Waals surface area (Å²) in [6, 6.07) is 13.3. The predicted octanol–water partition coefficient (Wildman–Crippen LogP) is 0.0533. The number of fused-ring (bicyclic) bond motifs is 1. The van der Waals surface area contributed by atoms with Crippen LogP contribution in [0.25, 0.3) is 10.9 Å². The van der Waals surface area contributed by atoms with E-state index in [-0.39, 0.29) is 82.0 Å². The van der Waals surface area contributed by atoms with Crippen molar-refractivity contribution < 1.29 is 63.0 Å². The molecule has 1 aliphatic heterocycles. The molecule has 4 aromatic rings. The molecule has 0 aliphatic carbocycles. The number of nitrogens with two attached hydrogens (primary N) is 1. The van der Waals surface area contributed by atoms with Gasteiger partial charge in [0.15, 0.2) is 0 Å². The van der Waals surface area contributed by atoms with Gasteiger partial charge in [0.05, 0.1) is 13.0 Å². The minimum absolute atomic E-state index is 0.00758. The Kier molecular flexibility index (Phi) is 24.3. The van der Waals surface area contributed by atoms with Gasteiger partial charge in [0.1, 0.15) is 42.0 Å².